The average molecular weight is 355 g/mol. The minimum atomic E-state index is -0.0753. The number of ether oxygens (including phenoxy) is 1. The van der Waals surface area contributed by atoms with Gasteiger partial charge < -0.3 is 10.1 Å². The van der Waals surface area contributed by atoms with Crippen molar-refractivity contribution in [2.75, 3.05) is 19.7 Å². The molecule has 2 aromatic heterocycles. The SMILES string of the molecule is Cc1cnc2c(C(=O)N[C@H]3[C@H]4CCO[C@H]4[C@@H]3N3CCCCC3)cnn2c1. The molecular formula is C19H25N5O2. The van der Waals surface area contributed by atoms with Crippen LogP contribution in [-0.4, -0.2) is 63.3 Å². The number of piperidine rings is 1. The summed E-state index contributed by atoms with van der Waals surface area (Å²) in [5.41, 5.74) is 2.17. The predicted molar refractivity (Wildman–Crippen MR) is 96.0 cm³/mol. The number of aromatic nitrogens is 3. The fourth-order valence-electron chi connectivity index (χ4n) is 4.88. The van der Waals surface area contributed by atoms with Crippen molar-refractivity contribution in [2.24, 2.45) is 5.92 Å². The highest BCUT2D eigenvalue weighted by Gasteiger charge is 2.56. The molecule has 2 aliphatic heterocycles. The molecule has 7 nitrogen and oxygen atoms in total. The Bertz CT molecular complexity index is 828. The number of nitrogens with zero attached hydrogens (tertiary/aromatic N) is 4. The van der Waals surface area contributed by atoms with Crippen LogP contribution in [0.1, 0.15) is 41.6 Å². The molecular weight excluding hydrogens is 330 g/mol. The maximum atomic E-state index is 13.0. The Balaban J connectivity index is 1.37. The molecule has 4 heterocycles. The van der Waals surface area contributed by atoms with Gasteiger partial charge >= 0.3 is 0 Å². The van der Waals surface area contributed by atoms with Crippen molar-refractivity contribution in [3.05, 3.63) is 29.7 Å². The second kappa shape index (κ2) is 6.32. The average Bonchev–Trinajstić information content (AvgIpc) is 3.25. The number of carbonyl (C=O) groups excluding carboxylic acids is 1. The lowest BCUT2D eigenvalue weighted by molar-refractivity contribution is -0.0862. The second-order valence-corrected chi connectivity index (χ2v) is 7.83. The van der Waals surface area contributed by atoms with E-state index in [-0.39, 0.29) is 18.1 Å². The molecule has 4 atom stereocenters. The standard InChI is InChI=1S/C19H25N5O2/c1-12-9-20-18-14(10-21-24(18)11-12)19(25)22-15-13-5-8-26-17(13)16(15)23-6-3-2-4-7-23/h9-11,13,15-17H,2-8H2,1H3,(H,22,25)/t13-,15+,16-,17-/m1/s1. The van der Waals surface area contributed by atoms with Gasteiger partial charge in [-0.05, 0) is 44.8 Å². The summed E-state index contributed by atoms with van der Waals surface area (Å²) in [5, 5.41) is 7.58. The van der Waals surface area contributed by atoms with E-state index in [4.69, 9.17) is 4.74 Å². The van der Waals surface area contributed by atoms with Gasteiger partial charge in [0.15, 0.2) is 5.65 Å². The lowest BCUT2D eigenvalue weighted by Crippen LogP contribution is -2.71. The monoisotopic (exact) mass is 355 g/mol. The maximum Gasteiger partial charge on any atom is 0.257 e. The first-order chi connectivity index (χ1) is 12.7. The molecule has 0 bridgehead atoms. The normalized spacial score (nSPS) is 31.6. The summed E-state index contributed by atoms with van der Waals surface area (Å²) in [7, 11) is 0. The molecule has 3 aliphatic rings. The fraction of sp³-hybridized carbons (Fsp3) is 0.632. The smallest absolute Gasteiger partial charge is 0.257 e. The van der Waals surface area contributed by atoms with Crippen LogP contribution in [0.15, 0.2) is 18.6 Å². The molecule has 0 aromatic carbocycles. The van der Waals surface area contributed by atoms with Crippen LogP contribution in [-0.2, 0) is 4.74 Å². The highest BCUT2D eigenvalue weighted by Crippen LogP contribution is 2.42. The quantitative estimate of drug-likeness (QED) is 0.901. The van der Waals surface area contributed by atoms with Crippen molar-refractivity contribution in [3.8, 4) is 0 Å². The van der Waals surface area contributed by atoms with Crippen LogP contribution in [0.4, 0.5) is 0 Å². The molecule has 2 aromatic rings. The summed E-state index contributed by atoms with van der Waals surface area (Å²) >= 11 is 0. The Labute approximate surface area is 152 Å². The molecule has 3 fully saturated rings. The van der Waals surface area contributed by atoms with E-state index in [0.29, 0.717) is 23.2 Å². The number of aryl methyl sites for hydroxylation is 1. The molecule has 1 saturated carbocycles. The number of likely N-dealkylation sites (tertiary alicyclic amines) is 1. The Kier molecular flexibility index (Phi) is 3.94. The summed E-state index contributed by atoms with van der Waals surface area (Å²) < 4.78 is 7.66. The van der Waals surface area contributed by atoms with E-state index in [9.17, 15) is 4.79 Å². The van der Waals surface area contributed by atoms with Gasteiger partial charge in [-0.25, -0.2) is 9.50 Å². The summed E-state index contributed by atoms with van der Waals surface area (Å²) in [6.07, 6.45) is 10.4. The zero-order valence-corrected chi connectivity index (χ0v) is 15.1. The lowest BCUT2D eigenvalue weighted by atomic mass is 9.70. The number of carbonyl (C=O) groups is 1. The van der Waals surface area contributed by atoms with Gasteiger partial charge in [0, 0.05) is 24.9 Å². The molecule has 0 unspecified atom stereocenters. The number of hydrogen-bond acceptors (Lipinski definition) is 5. The maximum absolute atomic E-state index is 13.0. The van der Waals surface area contributed by atoms with Gasteiger partial charge in [-0.2, -0.15) is 5.10 Å². The van der Waals surface area contributed by atoms with Gasteiger partial charge in [0.25, 0.3) is 5.91 Å². The Morgan fingerprint density at radius 1 is 1.27 bits per heavy atom. The molecule has 1 amide bonds. The van der Waals surface area contributed by atoms with E-state index in [1.165, 1.54) is 19.3 Å². The van der Waals surface area contributed by atoms with Crippen molar-refractivity contribution >= 4 is 11.6 Å². The molecule has 26 heavy (non-hydrogen) atoms. The summed E-state index contributed by atoms with van der Waals surface area (Å²) in [4.78, 5) is 19.9. The minimum Gasteiger partial charge on any atom is -0.376 e. The molecule has 138 valence electrons. The third-order valence-electron chi connectivity index (χ3n) is 6.19. The first-order valence-electron chi connectivity index (χ1n) is 9.69. The van der Waals surface area contributed by atoms with E-state index in [2.05, 4.69) is 20.3 Å². The van der Waals surface area contributed by atoms with Crippen molar-refractivity contribution in [3.63, 3.8) is 0 Å². The molecule has 5 rings (SSSR count). The Hall–Kier alpha value is -1.99. The van der Waals surface area contributed by atoms with Crippen LogP contribution in [0.2, 0.25) is 0 Å². The first-order valence-corrected chi connectivity index (χ1v) is 9.69. The molecule has 1 N–H and O–H groups in total. The van der Waals surface area contributed by atoms with Crippen LogP contribution >= 0.6 is 0 Å². The zero-order valence-electron chi connectivity index (χ0n) is 15.1. The van der Waals surface area contributed by atoms with Crippen molar-refractivity contribution < 1.29 is 9.53 Å². The van der Waals surface area contributed by atoms with Gasteiger partial charge in [-0.15, -0.1) is 0 Å². The van der Waals surface area contributed by atoms with Crippen LogP contribution < -0.4 is 5.32 Å². The van der Waals surface area contributed by atoms with Gasteiger partial charge in [-0.3, -0.25) is 9.69 Å². The summed E-state index contributed by atoms with van der Waals surface area (Å²) in [6.45, 7) is 5.00. The van der Waals surface area contributed by atoms with E-state index in [0.717, 1.165) is 31.7 Å². The second-order valence-electron chi connectivity index (χ2n) is 7.83. The van der Waals surface area contributed by atoms with E-state index in [1.807, 2.05) is 13.1 Å². The highest BCUT2D eigenvalue weighted by atomic mass is 16.5. The predicted octanol–water partition coefficient (Wildman–Crippen LogP) is 1.41. The number of fused-ring (bicyclic) bond motifs is 2. The highest BCUT2D eigenvalue weighted by molar-refractivity contribution is 5.99. The van der Waals surface area contributed by atoms with E-state index >= 15 is 0 Å². The molecule has 2 saturated heterocycles. The molecule has 0 spiro atoms. The third kappa shape index (κ3) is 2.53. The largest absolute Gasteiger partial charge is 0.376 e. The number of nitrogens with one attached hydrogen (secondary N) is 1. The third-order valence-corrected chi connectivity index (χ3v) is 6.19. The van der Waals surface area contributed by atoms with Crippen LogP contribution in [0.25, 0.3) is 5.65 Å². The van der Waals surface area contributed by atoms with Gasteiger partial charge in [-0.1, -0.05) is 6.42 Å². The van der Waals surface area contributed by atoms with Gasteiger partial charge in [0.2, 0.25) is 0 Å². The minimum absolute atomic E-state index is 0.0753. The van der Waals surface area contributed by atoms with Crippen molar-refractivity contribution in [1.29, 1.82) is 0 Å². The van der Waals surface area contributed by atoms with Crippen molar-refractivity contribution in [2.45, 2.75) is 50.8 Å². The molecule has 0 radical (unpaired) electrons. The summed E-state index contributed by atoms with van der Waals surface area (Å²) in [6, 6.07) is 0.470. The van der Waals surface area contributed by atoms with Crippen LogP contribution in [0, 0.1) is 12.8 Å². The van der Waals surface area contributed by atoms with E-state index < -0.39 is 0 Å². The lowest BCUT2D eigenvalue weighted by Gasteiger charge is -2.53. The number of rotatable bonds is 3. The fourth-order valence-corrected chi connectivity index (χ4v) is 4.88. The van der Waals surface area contributed by atoms with Gasteiger partial charge in [0.1, 0.15) is 5.56 Å². The first kappa shape index (κ1) is 16.2. The van der Waals surface area contributed by atoms with Crippen LogP contribution in [0.3, 0.4) is 0 Å². The number of hydrogen-bond donors (Lipinski definition) is 1. The molecule has 7 heteroatoms. The van der Waals surface area contributed by atoms with Crippen LogP contribution in [0.5, 0.6) is 0 Å². The summed E-state index contributed by atoms with van der Waals surface area (Å²) in [5.74, 6) is 0.358. The topological polar surface area (TPSA) is 71.8 Å². The zero-order chi connectivity index (χ0) is 17.7. The molecule has 1 aliphatic carbocycles. The Morgan fingerprint density at radius 3 is 2.96 bits per heavy atom. The van der Waals surface area contributed by atoms with E-state index in [1.54, 1.807) is 16.9 Å². The number of amides is 1. The van der Waals surface area contributed by atoms with Crippen molar-refractivity contribution in [1.82, 2.24) is 24.8 Å². The van der Waals surface area contributed by atoms with Gasteiger partial charge in [0.05, 0.1) is 24.4 Å². The Morgan fingerprint density at radius 2 is 2.12 bits per heavy atom.